The Morgan fingerprint density at radius 2 is 2.33 bits per heavy atom. The van der Waals surface area contributed by atoms with E-state index in [4.69, 9.17) is 5.73 Å². The summed E-state index contributed by atoms with van der Waals surface area (Å²) in [6, 6.07) is 0. The highest BCUT2D eigenvalue weighted by Crippen LogP contribution is 2.17. The van der Waals surface area contributed by atoms with Crippen LogP contribution in [-0.2, 0) is 9.63 Å². The zero-order chi connectivity index (χ0) is 11.5. The van der Waals surface area contributed by atoms with Crippen LogP contribution in [0.5, 0.6) is 0 Å². The number of alkyl halides is 3. The highest BCUT2D eigenvalue weighted by atomic mass is 32.1. The average Bonchev–Trinajstić information content (AvgIpc) is 2.51. The lowest BCUT2D eigenvalue weighted by atomic mass is 10.3. The molecule has 5 nitrogen and oxygen atoms in total. The molecule has 0 saturated carbocycles. The fourth-order valence-electron chi connectivity index (χ4n) is 0.635. The molecule has 1 heterocycles. The van der Waals surface area contributed by atoms with Gasteiger partial charge in [-0.3, -0.25) is 9.63 Å². The summed E-state index contributed by atoms with van der Waals surface area (Å²) in [7, 11) is 0. The van der Waals surface area contributed by atoms with Gasteiger partial charge < -0.3 is 5.73 Å². The van der Waals surface area contributed by atoms with Crippen LogP contribution >= 0.6 is 11.3 Å². The maximum Gasteiger partial charge on any atom is 0.593 e. The van der Waals surface area contributed by atoms with Crippen molar-refractivity contribution in [2.24, 2.45) is 5.16 Å². The van der Waals surface area contributed by atoms with Crippen LogP contribution in [0.4, 0.5) is 18.3 Å². The Morgan fingerprint density at radius 1 is 1.67 bits per heavy atom. The number of carbonyl (C=O) groups excluding carboxylic acids is 1. The standard InChI is InChI=1S/C6H4F3N3O2S/c7-6(8,9)14-12-3(1-13)4-2-15-5(10)11-4/h1-2H,(H2,10,11). The van der Waals surface area contributed by atoms with Crippen LogP contribution < -0.4 is 5.73 Å². The highest BCUT2D eigenvalue weighted by molar-refractivity contribution is 7.13. The Kier molecular flexibility index (Phi) is 3.24. The maximum atomic E-state index is 11.6. The lowest BCUT2D eigenvalue weighted by Gasteiger charge is -2.01. The highest BCUT2D eigenvalue weighted by Gasteiger charge is 2.31. The molecule has 0 radical (unpaired) electrons. The van der Waals surface area contributed by atoms with Crippen molar-refractivity contribution in [1.29, 1.82) is 0 Å². The number of nitrogens with two attached hydrogens (primary N) is 1. The van der Waals surface area contributed by atoms with Crippen molar-refractivity contribution >= 4 is 28.5 Å². The number of nitrogen functional groups attached to an aromatic ring is 1. The van der Waals surface area contributed by atoms with Gasteiger partial charge in [-0.15, -0.1) is 24.5 Å². The Hall–Kier alpha value is -1.64. The lowest BCUT2D eigenvalue weighted by molar-refractivity contribution is -0.325. The van der Waals surface area contributed by atoms with Gasteiger partial charge in [0.2, 0.25) is 0 Å². The summed E-state index contributed by atoms with van der Waals surface area (Å²) in [5, 5.41) is 4.02. The van der Waals surface area contributed by atoms with Crippen molar-refractivity contribution in [3.8, 4) is 0 Å². The number of aldehydes is 1. The molecule has 1 rings (SSSR count). The van der Waals surface area contributed by atoms with E-state index in [1.54, 1.807) is 0 Å². The minimum Gasteiger partial charge on any atom is -0.375 e. The molecule has 9 heteroatoms. The first-order valence-electron chi connectivity index (χ1n) is 3.42. The number of nitrogens with zero attached hydrogens (tertiary/aromatic N) is 2. The van der Waals surface area contributed by atoms with Crippen LogP contribution in [0.15, 0.2) is 10.5 Å². The van der Waals surface area contributed by atoms with E-state index in [-0.39, 0.29) is 17.1 Å². The predicted molar refractivity (Wildman–Crippen MR) is 46.3 cm³/mol. The summed E-state index contributed by atoms with van der Waals surface area (Å²) in [6.45, 7) is 0. The lowest BCUT2D eigenvalue weighted by Crippen LogP contribution is -2.13. The molecule has 0 atom stereocenters. The molecule has 1 aromatic rings. The minimum absolute atomic E-state index is 0.0586. The molecule has 15 heavy (non-hydrogen) atoms. The Morgan fingerprint density at radius 3 is 2.73 bits per heavy atom. The van der Waals surface area contributed by atoms with E-state index in [9.17, 15) is 18.0 Å². The molecule has 0 spiro atoms. The van der Waals surface area contributed by atoms with Crippen molar-refractivity contribution in [1.82, 2.24) is 4.98 Å². The monoisotopic (exact) mass is 239 g/mol. The Balaban J connectivity index is 2.85. The largest absolute Gasteiger partial charge is 0.593 e. The zero-order valence-electron chi connectivity index (χ0n) is 6.99. The fraction of sp³-hybridized carbons (Fsp3) is 0.167. The molecule has 82 valence electrons. The van der Waals surface area contributed by atoms with Crippen molar-refractivity contribution in [3.63, 3.8) is 0 Å². The van der Waals surface area contributed by atoms with Gasteiger partial charge in [0.15, 0.2) is 17.1 Å². The molecule has 1 aromatic heterocycles. The molecule has 2 N–H and O–H groups in total. The first-order valence-corrected chi connectivity index (χ1v) is 4.30. The number of oxime groups is 1. The number of carbonyl (C=O) groups is 1. The van der Waals surface area contributed by atoms with Crippen LogP contribution in [0.25, 0.3) is 0 Å². The van der Waals surface area contributed by atoms with Gasteiger partial charge in [-0.05, 0) is 0 Å². The van der Waals surface area contributed by atoms with Gasteiger partial charge in [-0.25, -0.2) is 4.98 Å². The zero-order valence-corrected chi connectivity index (χ0v) is 7.80. The first-order chi connectivity index (χ1) is 6.92. The molecule has 0 saturated heterocycles. The van der Waals surface area contributed by atoms with Gasteiger partial charge in [0.05, 0.1) is 0 Å². The number of halogens is 3. The molecule has 0 aliphatic heterocycles. The number of hydrogen-bond acceptors (Lipinski definition) is 6. The van der Waals surface area contributed by atoms with E-state index in [2.05, 4.69) is 15.0 Å². The normalized spacial score (nSPS) is 12.6. The summed E-state index contributed by atoms with van der Waals surface area (Å²) in [6.07, 6.45) is -4.84. The van der Waals surface area contributed by atoms with E-state index in [1.165, 1.54) is 5.38 Å². The molecule has 0 aliphatic rings. The second-order valence-corrected chi connectivity index (χ2v) is 3.09. The average molecular weight is 239 g/mol. The smallest absolute Gasteiger partial charge is 0.375 e. The van der Waals surface area contributed by atoms with Crippen molar-refractivity contribution in [2.45, 2.75) is 6.36 Å². The van der Waals surface area contributed by atoms with Gasteiger partial charge in [0.1, 0.15) is 5.69 Å². The third-order valence-electron chi connectivity index (χ3n) is 1.14. The summed E-state index contributed by atoms with van der Waals surface area (Å²) in [5.74, 6) is 0. The number of rotatable bonds is 3. The second kappa shape index (κ2) is 4.26. The van der Waals surface area contributed by atoms with Gasteiger partial charge in [-0.2, -0.15) is 0 Å². The summed E-state index contributed by atoms with van der Waals surface area (Å²) in [4.78, 5) is 17.1. The van der Waals surface area contributed by atoms with E-state index in [0.717, 1.165) is 11.3 Å². The van der Waals surface area contributed by atoms with Gasteiger partial charge >= 0.3 is 6.36 Å². The number of hydrogen-bond donors (Lipinski definition) is 1. The predicted octanol–water partition coefficient (Wildman–Crippen LogP) is 1.16. The Bertz CT molecular complexity index is 387. The SMILES string of the molecule is Nc1nc(C(C=O)=NOC(F)(F)F)cs1. The fourth-order valence-corrected chi connectivity index (χ4v) is 1.19. The molecule has 0 unspecified atom stereocenters. The van der Waals surface area contributed by atoms with E-state index < -0.39 is 12.1 Å². The second-order valence-electron chi connectivity index (χ2n) is 2.20. The topological polar surface area (TPSA) is 77.6 Å². The molecule has 0 bridgehead atoms. The maximum absolute atomic E-state index is 11.6. The van der Waals surface area contributed by atoms with Crippen LogP contribution in [-0.4, -0.2) is 23.3 Å². The van der Waals surface area contributed by atoms with E-state index in [0.29, 0.717) is 0 Å². The summed E-state index contributed by atoms with van der Waals surface area (Å²) >= 11 is 0.972. The summed E-state index contributed by atoms with van der Waals surface area (Å²) in [5.41, 5.74) is 4.60. The molecule has 0 aromatic carbocycles. The van der Waals surface area contributed by atoms with Gasteiger partial charge in [-0.1, -0.05) is 5.16 Å². The number of aromatic nitrogens is 1. The van der Waals surface area contributed by atoms with Crippen molar-refractivity contribution in [2.75, 3.05) is 5.73 Å². The Labute approximate surface area is 85.3 Å². The van der Waals surface area contributed by atoms with Crippen molar-refractivity contribution in [3.05, 3.63) is 11.1 Å². The number of anilines is 1. The van der Waals surface area contributed by atoms with E-state index >= 15 is 0 Å². The molecule has 0 amide bonds. The van der Waals surface area contributed by atoms with Crippen LogP contribution in [0, 0.1) is 0 Å². The van der Waals surface area contributed by atoms with Crippen molar-refractivity contribution < 1.29 is 22.8 Å². The summed E-state index contributed by atoms with van der Waals surface area (Å²) < 4.78 is 34.8. The van der Waals surface area contributed by atoms with Gasteiger partial charge in [0, 0.05) is 5.38 Å². The quantitative estimate of drug-likeness (QED) is 0.488. The van der Waals surface area contributed by atoms with Crippen LogP contribution in [0.2, 0.25) is 0 Å². The third-order valence-corrected chi connectivity index (χ3v) is 1.82. The molecule has 0 fully saturated rings. The van der Waals surface area contributed by atoms with Crippen LogP contribution in [0.3, 0.4) is 0 Å². The molecular weight excluding hydrogens is 235 g/mol. The van der Waals surface area contributed by atoms with Crippen LogP contribution in [0.1, 0.15) is 5.69 Å². The molecular formula is C6H4F3N3O2S. The number of thiazole rings is 1. The molecule has 0 aliphatic carbocycles. The minimum atomic E-state index is -4.93. The first kappa shape index (κ1) is 11.4. The van der Waals surface area contributed by atoms with E-state index in [1.807, 2.05) is 0 Å². The van der Waals surface area contributed by atoms with Gasteiger partial charge in [0.25, 0.3) is 0 Å². The third kappa shape index (κ3) is 3.54.